The van der Waals surface area contributed by atoms with E-state index in [2.05, 4.69) is 24.8 Å². The summed E-state index contributed by atoms with van der Waals surface area (Å²) in [6.45, 7) is 0.0671. The Bertz CT molecular complexity index is 1140. The quantitative estimate of drug-likeness (QED) is 0.595. The fourth-order valence-corrected chi connectivity index (χ4v) is 3.53. The molecule has 0 radical (unpaired) electrons. The highest BCUT2D eigenvalue weighted by molar-refractivity contribution is 7.20. The minimum absolute atomic E-state index is 0.0112. The minimum atomic E-state index is -0.673. The molecule has 1 N–H and O–H groups in total. The van der Waals surface area contributed by atoms with Crippen molar-refractivity contribution in [1.29, 1.82) is 5.26 Å². The van der Waals surface area contributed by atoms with Gasteiger partial charge in [0.25, 0.3) is 11.4 Å². The van der Waals surface area contributed by atoms with E-state index in [1.165, 1.54) is 25.2 Å². The van der Waals surface area contributed by atoms with Crippen LogP contribution in [-0.2, 0) is 27.2 Å². The third-order valence-electron chi connectivity index (χ3n) is 3.58. The van der Waals surface area contributed by atoms with Gasteiger partial charge < -0.3 is 14.5 Å². The Hall–Kier alpha value is -3.59. The molecule has 12 heteroatoms. The van der Waals surface area contributed by atoms with Crippen molar-refractivity contribution in [2.75, 3.05) is 14.2 Å². The number of rotatable bonds is 5. The molecule has 0 aliphatic rings. The maximum absolute atomic E-state index is 12.6. The fourth-order valence-electron chi connectivity index (χ4n) is 2.40. The van der Waals surface area contributed by atoms with Gasteiger partial charge in [-0.05, 0) is 0 Å². The van der Waals surface area contributed by atoms with Crippen LogP contribution >= 0.6 is 11.3 Å². The monoisotopic (exact) mass is 388 g/mol. The van der Waals surface area contributed by atoms with Gasteiger partial charge in [-0.15, -0.1) is 16.4 Å². The highest BCUT2D eigenvalue weighted by atomic mass is 32.1. The number of thiophene rings is 1. The number of esters is 2. The van der Waals surface area contributed by atoms with Gasteiger partial charge in [0, 0.05) is 5.56 Å². The van der Waals surface area contributed by atoms with Crippen LogP contribution in [0.15, 0.2) is 11.1 Å². The first-order valence-corrected chi connectivity index (χ1v) is 8.27. The third kappa shape index (κ3) is 3.53. The molecule has 3 aromatic heterocycles. The Morgan fingerprint density at radius 2 is 2.15 bits per heavy atom. The van der Waals surface area contributed by atoms with Gasteiger partial charge in [-0.25, -0.2) is 19.4 Å². The maximum Gasteiger partial charge on any atom is 0.348 e. The van der Waals surface area contributed by atoms with Crippen LogP contribution in [0.5, 0.6) is 0 Å². The first-order valence-electron chi connectivity index (χ1n) is 7.46. The molecular weight excluding hydrogens is 376 g/mol. The average Bonchev–Trinajstić information content (AvgIpc) is 3.25. The van der Waals surface area contributed by atoms with Crippen LogP contribution in [0.2, 0.25) is 0 Å². The van der Waals surface area contributed by atoms with Crippen molar-refractivity contribution < 1.29 is 19.1 Å². The summed E-state index contributed by atoms with van der Waals surface area (Å²) in [5, 5.41) is 12.8. The lowest BCUT2D eigenvalue weighted by Gasteiger charge is -2.03. The summed E-state index contributed by atoms with van der Waals surface area (Å²) < 4.78 is 10.7. The number of hydrogen-bond acceptors (Lipinski definition) is 10. The van der Waals surface area contributed by atoms with Gasteiger partial charge in [-0.1, -0.05) is 0 Å². The van der Waals surface area contributed by atoms with Gasteiger partial charge in [-0.2, -0.15) is 5.26 Å². The summed E-state index contributed by atoms with van der Waals surface area (Å²) in [5.41, 5.74) is -0.303. The van der Waals surface area contributed by atoms with Crippen LogP contribution in [0, 0.1) is 11.3 Å². The Kier molecular flexibility index (Phi) is 4.95. The number of nitrogens with zero attached hydrogens (tertiary/aromatic N) is 5. The molecule has 0 unspecified atom stereocenters. The molecule has 3 aromatic rings. The molecule has 0 bridgehead atoms. The van der Waals surface area contributed by atoms with E-state index in [0.29, 0.717) is 0 Å². The standard InChI is InChI=1S/C15H12N6O5S/c1-25-10(22)3-7-11-13(23)18-9(5-21-6-17-8(4-16)20-21)19-14(11)27-12(7)15(24)26-2/h6H,3,5H2,1-2H3,(H,18,19,23). The highest BCUT2D eigenvalue weighted by Gasteiger charge is 2.24. The molecule has 0 atom stereocenters. The number of hydrogen-bond donors (Lipinski definition) is 1. The Labute approximate surface area is 155 Å². The summed E-state index contributed by atoms with van der Waals surface area (Å²) in [7, 11) is 2.41. The largest absolute Gasteiger partial charge is 0.469 e. The molecule has 0 aromatic carbocycles. The smallest absolute Gasteiger partial charge is 0.348 e. The molecule has 0 fully saturated rings. The van der Waals surface area contributed by atoms with Gasteiger partial charge in [0.1, 0.15) is 34.5 Å². The molecule has 0 spiro atoms. The number of fused-ring (bicyclic) bond motifs is 1. The molecular formula is C15H12N6O5S. The molecule has 3 heterocycles. The van der Waals surface area contributed by atoms with Gasteiger partial charge in [0.05, 0.1) is 26.0 Å². The first kappa shape index (κ1) is 18.2. The Morgan fingerprint density at radius 1 is 1.37 bits per heavy atom. The van der Waals surface area contributed by atoms with E-state index in [1.54, 1.807) is 6.07 Å². The van der Waals surface area contributed by atoms with Crippen LogP contribution in [0.1, 0.15) is 26.9 Å². The summed E-state index contributed by atoms with van der Waals surface area (Å²) in [4.78, 5) is 47.4. The van der Waals surface area contributed by atoms with E-state index in [9.17, 15) is 14.4 Å². The van der Waals surface area contributed by atoms with Crippen LogP contribution in [-0.4, -0.2) is 50.9 Å². The molecule has 0 aliphatic heterocycles. The van der Waals surface area contributed by atoms with Crippen LogP contribution < -0.4 is 5.56 Å². The van der Waals surface area contributed by atoms with Gasteiger partial charge in [-0.3, -0.25) is 9.59 Å². The van der Waals surface area contributed by atoms with E-state index in [1.807, 2.05) is 0 Å². The maximum atomic E-state index is 12.6. The van der Waals surface area contributed by atoms with E-state index in [4.69, 9.17) is 10.00 Å². The fraction of sp³-hybridized carbons (Fsp3) is 0.267. The summed E-state index contributed by atoms with van der Waals surface area (Å²) >= 11 is 0.947. The van der Waals surface area contributed by atoms with Gasteiger partial charge in [0.2, 0.25) is 0 Å². The number of carbonyl (C=O) groups is 2. The van der Waals surface area contributed by atoms with Gasteiger partial charge in [0.15, 0.2) is 0 Å². The number of aromatic nitrogens is 5. The third-order valence-corrected chi connectivity index (χ3v) is 4.68. The molecule has 138 valence electrons. The second kappa shape index (κ2) is 7.34. The number of H-pyrrole nitrogens is 1. The zero-order chi connectivity index (χ0) is 19.6. The van der Waals surface area contributed by atoms with E-state index >= 15 is 0 Å². The molecule has 11 nitrogen and oxygen atoms in total. The molecule has 27 heavy (non-hydrogen) atoms. The Balaban J connectivity index is 2.09. The zero-order valence-corrected chi connectivity index (χ0v) is 15.0. The molecule has 3 rings (SSSR count). The first-order chi connectivity index (χ1) is 13.0. The molecule has 0 amide bonds. The Morgan fingerprint density at radius 3 is 2.78 bits per heavy atom. The predicted molar refractivity (Wildman–Crippen MR) is 91.1 cm³/mol. The zero-order valence-electron chi connectivity index (χ0n) is 14.2. The highest BCUT2D eigenvalue weighted by Crippen LogP contribution is 2.29. The van der Waals surface area contributed by atoms with E-state index < -0.39 is 17.5 Å². The van der Waals surface area contributed by atoms with Crippen molar-refractivity contribution in [1.82, 2.24) is 24.7 Å². The van der Waals surface area contributed by atoms with Crippen molar-refractivity contribution in [3.63, 3.8) is 0 Å². The van der Waals surface area contributed by atoms with Crippen molar-refractivity contribution in [3.8, 4) is 6.07 Å². The van der Waals surface area contributed by atoms with Crippen molar-refractivity contribution in [3.05, 3.63) is 38.8 Å². The molecule has 0 aliphatic carbocycles. The summed E-state index contributed by atoms with van der Waals surface area (Å²) in [6, 6.07) is 1.80. The van der Waals surface area contributed by atoms with Crippen LogP contribution in [0.3, 0.4) is 0 Å². The van der Waals surface area contributed by atoms with Crippen molar-refractivity contribution >= 4 is 33.5 Å². The second-order valence-electron chi connectivity index (χ2n) is 5.22. The normalized spacial score (nSPS) is 10.6. The predicted octanol–water partition coefficient (Wildman–Crippen LogP) is -0.00182. The topological polar surface area (TPSA) is 153 Å². The van der Waals surface area contributed by atoms with Crippen molar-refractivity contribution in [2.24, 2.45) is 0 Å². The lowest BCUT2D eigenvalue weighted by molar-refractivity contribution is -0.139. The molecule has 0 saturated heterocycles. The number of carbonyl (C=O) groups excluding carboxylic acids is 2. The lowest BCUT2D eigenvalue weighted by atomic mass is 10.1. The second-order valence-corrected chi connectivity index (χ2v) is 6.22. The SMILES string of the molecule is COC(=O)Cc1c(C(=O)OC)sc2nc(Cn3cnc(C#N)n3)[nH]c(=O)c12. The van der Waals surface area contributed by atoms with Crippen LogP contribution in [0.25, 0.3) is 10.2 Å². The minimum Gasteiger partial charge on any atom is -0.469 e. The van der Waals surface area contributed by atoms with Crippen LogP contribution in [0.4, 0.5) is 0 Å². The molecule has 0 saturated carbocycles. The summed E-state index contributed by atoms with van der Waals surface area (Å²) in [5.74, 6) is -1.03. The van der Waals surface area contributed by atoms with Crippen molar-refractivity contribution in [2.45, 2.75) is 13.0 Å². The lowest BCUT2D eigenvalue weighted by Crippen LogP contribution is -2.16. The van der Waals surface area contributed by atoms with Gasteiger partial charge >= 0.3 is 11.9 Å². The van der Waals surface area contributed by atoms with E-state index in [-0.39, 0.29) is 45.3 Å². The van der Waals surface area contributed by atoms with E-state index in [0.717, 1.165) is 11.3 Å². The number of methoxy groups -OCH3 is 2. The number of nitrogens with one attached hydrogen (secondary N) is 1. The summed E-state index contributed by atoms with van der Waals surface area (Å²) in [6.07, 6.45) is 1.07. The number of aromatic amines is 1. The average molecular weight is 388 g/mol. The number of nitriles is 1. The number of ether oxygens (including phenoxy) is 2.